The highest BCUT2D eigenvalue weighted by Crippen LogP contribution is 2.14. The van der Waals surface area contributed by atoms with E-state index in [1.165, 1.54) is 0 Å². The van der Waals surface area contributed by atoms with Gasteiger partial charge in [0, 0.05) is 11.6 Å². The fourth-order valence-corrected chi connectivity index (χ4v) is 1.39. The van der Waals surface area contributed by atoms with Crippen LogP contribution in [-0.2, 0) is 0 Å². The van der Waals surface area contributed by atoms with E-state index in [0.717, 1.165) is 12.8 Å². The zero-order chi connectivity index (χ0) is 9.78. The molecule has 1 unspecified atom stereocenters. The van der Waals surface area contributed by atoms with Crippen LogP contribution in [0.25, 0.3) is 0 Å². The first-order valence-corrected chi connectivity index (χ1v) is 4.54. The smallest absolute Gasteiger partial charge is 0.0388 e. The molecule has 0 spiro atoms. The van der Waals surface area contributed by atoms with Crippen molar-refractivity contribution < 1.29 is 5.21 Å². The van der Waals surface area contributed by atoms with Crippen LogP contribution < -0.4 is 11.2 Å². The maximum absolute atomic E-state index is 8.77. The Hall–Kier alpha value is -0.120. The summed E-state index contributed by atoms with van der Waals surface area (Å²) in [5, 5.41) is 8.77. The Morgan fingerprint density at radius 1 is 1.42 bits per heavy atom. The van der Waals surface area contributed by atoms with Gasteiger partial charge >= 0.3 is 0 Å². The Balaban J connectivity index is 3.75. The number of hydroxylamine groups is 1. The molecule has 0 aromatic heterocycles. The van der Waals surface area contributed by atoms with E-state index in [4.69, 9.17) is 10.9 Å². The van der Waals surface area contributed by atoms with E-state index >= 15 is 0 Å². The molecule has 0 aliphatic heterocycles. The first-order chi connectivity index (χ1) is 5.37. The molecule has 0 fully saturated rings. The molecule has 0 aliphatic rings. The molecule has 74 valence electrons. The van der Waals surface area contributed by atoms with Crippen LogP contribution in [0, 0.1) is 5.92 Å². The minimum absolute atomic E-state index is 0.166. The zero-order valence-corrected chi connectivity index (χ0v) is 8.59. The fraction of sp³-hybridized carbons (Fsp3) is 1.00. The van der Waals surface area contributed by atoms with Crippen LogP contribution in [0.4, 0.5) is 0 Å². The van der Waals surface area contributed by atoms with E-state index in [0.29, 0.717) is 5.92 Å². The lowest BCUT2D eigenvalue weighted by Gasteiger charge is -2.26. The van der Waals surface area contributed by atoms with E-state index in [1.54, 1.807) is 0 Å². The lowest BCUT2D eigenvalue weighted by atomic mass is 9.92. The van der Waals surface area contributed by atoms with Gasteiger partial charge in [0.05, 0.1) is 0 Å². The van der Waals surface area contributed by atoms with Gasteiger partial charge in [-0.25, -0.2) is 0 Å². The minimum Gasteiger partial charge on any atom is -0.328 e. The average Bonchev–Trinajstić information content (AvgIpc) is 1.84. The van der Waals surface area contributed by atoms with Gasteiger partial charge in [0.15, 0.2) is 0 Å². The van der Waals surface area contributed by atoms with Crippen LogP contribution in [0.1, 0.15) is 40.5 Å². The van der Waals surface area contributed by atoms with Crippen molar-refractivity contribution in [3.05, 3.63) is 0 Å². The molecular formula is C9H22N2O. The number of nitrogens with one attached hydrogen (secondary N) is 1. The van der Waals surface area contributed by atoms with Crippen LogP contribution in [0.5, 0.6) is 0 Å². The zero-order valence-electron chi connectivity index (χ0n) is 8.59. The van der Waals surface area contributed by atoms with Gasteiger partial charge in [0.25, 0.3) is 0 Å². The van der Waals surface area contributed by atoms with E-state index in [9.17, 15) is 0 Å². The second-order valence-electron chi connectivity index (χ2n) is 4.59. The van der Waals surface area contributed by atoms with Crippen LogP contribution >= 0.6 is 0 Å². The highest BCUT2D eigenvalue weighted by Gasteiger charge is 2.20. The van der Waals surface area contributed by atoms with Crippen molar-refractivity contribution in [3.8, 4) is 0 Å². The normalized spacial score (nSPS) is 15.2. The van der Waals surface area contributed by atoms with Crippen molar-refractivity contribution in [2.45, 2.75) is 52.1 Å². The first kappa shape index (κ1) is 11.9. The minimum atomic E-state index is -0.270. The molecule has 0 aliphatic carbocycles. The third kappa shape index (κ3) is 5.52. The predicted molar refractivity (Wildman–Crippen MR) is 51.0 cm³/mol. The summed E-state index contributed by atoms with van der Waals surface area (Å²) in [6, 6.07) is 0.166. The summed E-state index contributed by atoms with van der Waals surface area (Å²) in [7, 11) is 0. The van der Waals surface area contributed by atoms with Gasteiger partial charge in [-0.3, -0.25) is 0 Å². The molecule has 3 nitrogen and oxygen atoms in total. The predicted octanol–water partition coefficient (Wildman–Crippen LogP) is 1.51. The lowest BCUT2D eigenvalue weighted by Crippen LogP contribution is -2.42. The van der Waals surface area contributed by atoms with Crippen molar-refractivity contribution in [2.24, 2.45) is 11.7 Å². The van der Waals surface area contributed by atoms with E-state index < -0.39 is 0 Å². The highest BCUT2D eigenvalue weighted by atomic mass is 16.5. The number of nitrogens with two attached hydrogens (primary N) is 1. The molecular weight excluding hydrogens is 152 g/mol. The van der Waals surface area contributed by atoms with Gasteiger partial charge in [0.1, 0.15) is 0 Å². The third-order valence-corrected chi connectivity index (χ3v) is 1.85. The molecule has 0 heterocycles. The summed E-state index contributed by atoms with van der Waals surface area (Å²) in [6.07, 6.45) is 1.80. The summed E-state index contributed by atoms with van der Waals surface area (Å²) in [6.45, 7) is 8.18. The Bertz CT molecular complexity index is 124. The molecule has 1 atom stereocenters. The van der Waals surface area contributed by atoms with Gasteiger partial charge in [-0.05, 0) is 32.6 Å². The molecule has 0 rings (SSSR count). The van der Waals surface area contributed by atoms with Gasteiger partial charge in [0.2, 0.25) is 0 Å². The van der Waals surface area contributed by atoms with Crippen molar-refractivity contribution in [3.63, 3.8) is 0 Å². The largest absolute Gasteiger partial charge is 0.328 e. The van der Waals surface area contributed by atoms with Crippen molar-refractivity contribution >= 4 is 0 Å². The quantitative estimate of drug-likeness (QED) is 0.554. The molecule has 4 N–H and O–H groups in total. The highest BCUT2D eigenvalue weighted by molar-refractivity contribution is 4.79. The van der Waals surface area contributed by atoms with Crippen LogP contribution in [0.3, 0.4) is 0 Å². The van der Waals surface area contributed by atoms with Gasteiger partial charge in [-0.2, -0.15) is 5.48 Å². The number of hydrogen-bond donors (Lipinski definition) is 3. The number of hydrogen-bond acceptors (Lipinski definition) is 3. The summed E-state index contributed by atoms with van der Waals surface area (Å²) in [5.41, 5.74) is 7.88. The standard InChI is InChI=1S/C9H22N2O/c1-7(2)5-8(10)6-9(3,4)11-12/h7-8,11-12H,5-6,10H2,1-4H3. The van der Waals surface area contributed by atoms with Gasteiger partial charge in [-0.1, -0.05) is 13.8 Å². The second-order valence-corrected chi connectivity index (χ2v) is 4.59. The van der Waals surface area contributed by atoms with Crippen LogP contribution in [-0.4, -0.2) is 16.8 Å². The van der Waals surface area contributed by atoms with Gasteiger partial charge in [-0.15, -0.1) is 0 Å². The number of rotatable bonds is 5. The molecule has 0 radical (unpaired) electrons. The summed E-state index contributed by atoms with van der Waals surface area (Å²) >= 11 is 0. The summed E-state index contributed by atoms with van der Waals surface area (Å²) < 4.78 is 0. The lowest BCUT2D eigenvalue weighted by molar-refractivity contribution is 0.0711. The third-order valence-electron chi connectivity index (χ3n) is 1.85. The second kappa shape index (κ2) is 4.80. The molecule has 0 aromatic rings. The molecule has 12 heavy (non-hydrogen) atoms. The maximum atomic E-state index is 8.77. The molecule has 0 bridgehead atoms. The first-order valence-electron chi connectivity index (χ1n) is 4.54. The van der Waals surface area contributed by atoms with E-state index in [-0.39, 0.29) is 11.6 Å². The van der Waals surface area contributed by atoms with Crippen molar-refractivity contribution in [2.75, 3.05) is 0 Å². The Kier molecular flexibility index (Phi) is 4.75. The maximum Gasteiger partial charge on any atom is 0.0388 e. The van der Waals surface area contributed by atoms with E-state index in [2.05, 4.69) is 19.3 Å². The Morgan fingerprint density at radius 3 is 2.25 bits per heavy atom. The summed E-state index contributed by atoms with van der Waals surface area (Å²) in [5.74, 6) is 0.620. The molecule has 0 saturated carbocycles. The molecule has 3 heteroatoms. The van der Waals surface area contributed by atoms with Crippen molar-refractivity contribution in [1.29, 1.82) is 0 Å². The summed E-state index contributed by atoms with van der Waals surface area (Å²) in [4.78, 5) is 0. The Morgan fingerprint density at radius 2 is 1.92 bits per heavy atom. The fourth-order valence-electron chi connectivity index (χ4n) is 1.39. The van der Waals surface area contributed by atoms with E-state index in [1.807, 2.05) is 13.8 Å². The molecule has 0 aromatic carbocycles. The monoisotopic (exact) mass is 174 g/mol. The van der Waals surface area contributed by atoms with Crippen LogP contribution in [0.15, 0.2) is 0 Å². The van der Waals surface area contributed by atoms with Crippen LogP contribution in [0.2, 0.25) is 0 Å². The SMILES string of the molecule is CC(C)CC(N)CC(C)(C)NO. The topological polar surface area (TPSA) is 58.3 Å². The van der Waals surface area contributed by atoms with Gasteiger partial charge < -0.3 is 10.9 Å². The molecule has 0 amide bonds. The molecule has 0 saturated heterocycles. The van der Waals surface area contributed by atoms with Crippen molar-refractivity contribution in [1.82, 2.24) is 5.48 Å². The Labute approximate surface area is 75.3 Å². The average molecular weight is 174 g/mol.